The van der Waals surface area contributed by atoms with Gasteiger partial charge in [0.15, 0.2) is 0 Å². The van der Waals surface area contributed by atoms with Crippen molar-refractivity contribution in [3.63, 3.8) is 0 Å². The molecule has 0 spiro atoms. The topological polar surface area (TPSA) is 59.1 Å². The summed E-state index contributed by atoms with van der Waals surface area (Å²) in [5, 5.41) is 7.56. The van der Waals surface area contributed by atoms with Crippen LogP contribution >= 0.6 is 0 Å². The molecular formula is C15H21N5. The van der Waals surface area contributed by atoms with Gasteiger partial charge < -0.3 is 11.1 Å². The predicted molar refractivity (Wildman–Crippen MR) is 81.2 cm³/mol. The summed E-state index contributed by atoms with van der Waals surface area (Å²) in [6.07, 6.45) is 1.82. The molecule has 3 rings (SSSR count). The summed E-state index contributed by atoms with van der Waals surface area (Å²) in [6.45, 7) is 5.44. The van der Waals surface area contributed by atoms with E-state index in [1.54, 1.807) is 4.68 Å². The molecule has 1 aliphatic heterocycles. The van der Waals surface area contributed by atoms with E-state index >= 15 is 0 Å². The highest BCUT2D eigenvalue weighted by Gasteiger charge is 2.11. The number of rotatable bonds is 3. The van der Waals surface area contributed by atoms with Crippen molar-refractivity contribution >= 4 is 5.82 Å². The summed E-state index contributed by atoms with van der Waals surface area (Å²) in [5.41, 5.74) is 9.48. The van der Waals surface area contributed by atoms with Crippen molar-refractivity contribution in [2.75, 3.05) is 31.9 Å². The van der Waals surface area contributed by atoms with Crippen LogP contribution in [-0.4, -0.2) is 40.9 Å². The van der Waals surface area contributed by atoms with Gasteiger partial charge in [-0.05, 0) is 11.1 Å². The highest BCUT2D eigenvalue weighted by atomic mass is 15.3. The minimum Gasteiger partial charge on any atom is -0.383 e. The summed E-state index contributed by atoms with van der Waals surface area (Å²) in [4.78, 5) is 2.48. The molecule has 5 heteroatoms. The number of nitrogens with one attached hydrogen (secondary N) is 1. The number of nitrogens with two attached hydrogens (primary N) is 1. The van der Waals surface area contributed by atoms with Gasteiger partial charge in [0.2, 0.25) is 0 Å². The molecule has 0 atom stereocenters. The van der Waals surface area contributed by atoms with Gasteiger partial charge in [0.25, 0.3) is 0 Å². The van der Waals surface area contributed by atoms with Gasteiger partial charge in [-0.3, -0.25) is 9.58 Å². The van der Waals surface area contributed by atoms with Gasteiger partial charge in [-0.25, -0.2) is 0 Å². The van der Waals surface area contributed by atoms with Crippen LogP contribution in [0.4, 0.5) is 5.82 Å². The number of nitrogens with zero attached hydrogens (tertiary/aromatic N) is 3. The molecule has 3 N–H and O–H groups in total. The fourth-order valence-corrected chi connectivity index (χ4v) is 2.59. The third-order valence-corrected chi connectivity index (χ3v) is 3.87. The van der Waals surface area contributed by atoms with E-state index in [0.717, 1.165) is 43.9 Å². The maximum absolute atomic E-state index is 6.01. The monoisotopic (exact) mass is 271 g/mol. The van der Waals surface area contributed by atoms with Crippen LogP contribution in [0.5, 0.6) is 0 Å². The molecule has 1 saturated heterocycles. The summed E-state index contributed by atoms with van der Waals surface area (Å²) in [7, 11) is 1.86. The van der Waals surface area contributed by atoms with Crippen LogP contribution in [-0.2, 0) is 13.6 Å². The Morgan fingerprint density at radius 3 is 2.50 bits per heavy atom. The molecule has 2 aromatic rings. The number of hydrogen-bond donors (Lipinski definition) is 2. The first-order valence-corrected chi connectivity index (χ1v) is 7.04. The normalized spacial score (nSPS) is 16.4. The maximum Gasteiger partial charge on any atom is 0.129 e. The van der Waals surface area contributed by atoms with Gasteiger partial charge >= 0.3 is 0 Å². The average molecular weight is 271 g/mol. The molecule has 0 unspecified atom stereocenters. The van der Waals surface area contributed by atoms with Gasteiger partial charge in [0.05, 0.1) is 6.20 Å². The van der Waals surface area contributed by atoms with Crippen molar-refractivity contribution in [2.45, 2.75) is 6.54 Å². The average Bonchev–Trinajstić information content (AvgIpc) is 2.81. The van der Waals surface area contributed by atoms with Crippen LogP contribution in [0.15, 0.2) is 30.5 Å². The SMILES string of the molecule is Cn1ncc(-c2ccc(CN3CCNCC3)cc2)c1N. The molecule has 5 nitrogen and oxygen atoms in total. The molecule has 1 fully saturated rings. The van der Waals surface area contributed by atoms with Crippen LogP contribution in [0.25, 0.3) is 11.1 Å². The molecule has 0 aliphatic carbocycles. The van der Waals surface area contributed by atoms with E-state index in [0.29, 0.717) is 5.82 Å². The molecule has 106 valence electrons. The molecule has 0 amide bonds. The molecule has 0 radical (unpaired) electrons. The number of aryl methyl sites for hydroxylation is 1. The Bertz CT molecular complexity index is 566. The molecule has 0 saturated carbocycles. The van der Waals surface area contributed by atoms with Crippen molar-refractivity contribution < 1.29 is 0 Å². The smallest absolute Gasteiger partial charge is 0.129 e. The van der Waals surface area contributed by atoms with E-state index in [9.17, 15) is 0 Å². The molecule has 1 aromatic carbocycles. The number of anilines is 1. The Kier molecular flexibility index (Phi) is 3.71. The van der Waals surface area contributed by atoms with Crippen LogP contribution < -0.4 is 11.1 Å². The van der Waals surface area contributed by atoms with Crippen molar-refractivity contribution in [1.29, 1.82) is 0 Å². The van der Waals surface area contributed by atoms with E-state index in [1.807, 2.05) is 13.2 Å². The van der Waals surface area contributed by atoms with E-state index in [2.05, 4.69) is 39.6 Å². The first-order valence-electron chi connectivity index (χ1n) is 7.04. The molecular weight excluding hydrogens is 250 g/mol. The largest absolute Gasteiger partial charge is 0.383 e. The molecule has 1 aliphatic rings. The molecule has 2 heterocycles. The third-order valence-electron chi connectivity index (χ3n) is 3.87. The standard InChI is InChI=1S/C15H21N5/c1-19-15(16)14(10-18-19)13-4-2-12(3-5-13)11-20-8-6-17-7-9-20/h2-5,10,17H,6-9,11,16H2,1H3. The maximum atomic E-state index is 6.01. The first kappa shape index (κ1) is 13.1. The van der Waals surface area contributed by atoms with Gasteiger partial charge in [-0.1, -0.05) is 24.3 Å². The number of benzene rings is 1. The molecule has 20 heavy (non-hydrogen) atoms. The summed E-state index contributed by atoms with van der Waals surface area (Å²) in [5.74, 6) is 0.708. The zero-order chi connectivity index (χ0) is 13.9. The number of piperazine rings is 1. The van der Waals surface area contributed by atoms with E-state index in [-0.39, 0.29) is 0 Å². The first-order chi connectivity index (χ1) is 9.74. The van der Waals surface area contributed by atoms with E-state index < -0.39 is 0 Å². The number of nitrogen functional groups attached to an aromatic ring is 1. The second-order valence-corrected chi connectivity index (χ2v) is 5.29. The lowest BCUT2D eigenvalue weighted by Gasteiger charge is -2.27. The lowest BCUT2D eigenvalue weighted by atomic mass is 10.1. The Hall–Kier alpha value is -1.85. The van der Waals surface area contributed by atoms with Crippen LogP contribution in [0.2, 0.25) is 0 Å². The summed E-state index contributed by atoms with van der Waals surface area (Å²) in [6, 6.07) is 8.63. The Balaban J connectivity index is 1.72. The highest BCUT2D eigenvalue weighted by molar-refractivity contribution is 5.73. The summed E-state index contributed by atoms with van der Waals surface area (Å²) < 4.78 is 1.70. The number of hydrogen-bond acceptors (Lipinski definition) is 4. The zero-order valence-corrected chi connectivity index (χ0v) is 11.8. The van der Waals surface area contributed by atoms with Gasteiger partial charge in [-0.15, -0.1) is 0 Å². The van der Waals surface area contributed by atoms with Gasteiger partial charge in [0, 0.05) is 45.3 Å². The Labute approximate surface area is 119 Å². The minimum absolute atomic E-state index is 0.708. The lowest BCUT2D eigenvalue weighted by molar-refractivity contribution is 0.233. The van der Waals surface area contributed by atoms with Crippen molar-refractivity contribution in [1.82, 2.24) is 20.0 Å². The lowest BCUT2D eigenvalue weighted by Crippen LogP contribution is -2.42. The van der Waals surface area contributed by atoms with E-state index in [1.165, 1.54) is 5.56 Å². The van der Waals surface area contributed by atoms with Crippen molar-refractivity contribution in [2.24, 2.45) is 7.05 Å². The van der Waals surface area contributed by atoms with Crippen LogP contribution in [0.1, 0.15) is 5.56 Å². The van der Waals surface area contributed by atoms with E-state index in [4.69, 9.17) is 5.73 Å². The highest BCUT2D eigenvalue weighted by Crippen LogP contribution is 2.25. The van der Waals surface area contributed by atoms with Crippen LogP contribution in [0.3, 0.4) is 0 Å². The minimum atomic E-state index is 0.708. The third kappa shape index (κ3) is 2.69. The zero-order valence-electron chi connectivity index (χ0n) is 11.8. The number of aromatic nitrogens is 2. The van der Waals surface area contributed by atoms with Crippen molar-refractivity contribution in [3.05, 3.63) is 36.0 Å². The molecule has 1 aromatic heterocycles. The quantitative estimate of drug-likeness (QED) is 0.877. The van der Waals surface area contributed by atoms with Crippen LogP contribution in [0, 0.1) is 0 Å². The van der Waals surface area contributed by atoms with Gasteiger partial charge in [-0.2, -0.15) is 5.10 Å². The fraction of sp³-hybridized carbons (Fsp3) is 0.400. The Morgan fingerprint density at radius 1 is 1.20 bits per heavy atom. The van der Waals surface area contributed by atoms with Gasteiger partial charge in [0.1, 0.15) is 5.82 Å². The predicted octanol–water partition coefficient (Wildman–Crippen LogP) is 1.07. The summed E-state index contributed by atoms with van der Waals surface area (Å²) >= 11 is 0. The second-order valence-electron chi connectivity index (χ2n) is 5.29. The second kappa shape index (κ2) is 5.64. The fourth-order valence-electron chi connectivity index (χ4n) is 2.59. The molecule has 0 bridgehead atoms. The van der Waals surface area contributed by atoms with Crippen molar-refractivity contribution in [3.8, 4) is 11.1 Å². The Morgan fingerprint density at radius 2 is 1.90 bits per heavy atom.